The van der Waals surface area contributed by atoms with Crippen molar-refractivity contribution >= 4 is 11.3 Å². The van der Waals surface area contributed by atoms with E-state index in [-0.39, 0.29) is 6.04 Å². The predicted molar refractivity (Wildman–Crippen MR) is 70.2 cm³/mol. The first-order chi connectivity index (χ1) is 8.36. The van der Waals surface area contributed by atoms with Gasteiger partial charge in [-0.25, -0.2) is 4.98 Å². The number of nitrogens with zero attached hydrogens (tertiary/aromatic N) is 3. The fourth-order valence-corrected chi connectivity index (χ4v) is 2.59. The summed E-state index contributed by atoms with van der Waals surface area (Å²) >= 11 is 1.67. The van der Waals surface area contributed by atoms with E-state index in [0.29, 0.717) is 0 Å². The van der Waals surface area contributed by atoms with Crippen LogP contribution in [0.2, 0.25) is 0 Å². The van der Waals surface area contributed by atoms with Gasteiger partial charge >= 0.3 is 0 Å². The summed E-state index contributed by atoms with van der Waals surface area (Å²) in [5.74, 6) is 1.08. The molecule has 92 valence electrons. The second-order valence-electron chi connectivity index (χ2n) is 3.87. The molecule has 0 saturated carbocycles. The van der Waals surface area contributed by atoms with E-state index in [0.717, 1.165) is 25.3 Å². The quantitative estimate of drug-likeness (QED) is 0.856. The Morgan fingerprint density at radius 2 is 2.35 bits per heavy atom. The molecule has 0 aliphatic rings. The number of thiazole rings is 1. The SMILES string of the molecule is CCCn1ccnc1C(NCC)c1cncs1. The standard InChI is InChI=1S/C12H18N4S/c1-3-6-16-7-5-15-12(16)11(14-4-2)10-8-13-9-17-10/h5,7-9,11,14H,3-4,6H2,1-2H3. The maximum absolute atomic E-state index is 4.49. The summed E-state index contributed by atoms with van der Waals surface area (Å²) in [4.78, 5) is 9.86. The Morgan fingerprint density at radius 3 is 3.00 bits per heavy atom. The van der Waals surface area contributed by atoms with Crippen molar-refractivity contribution in [3.8, 4) is 0 Å². The topological polar surface area (TPSA) is 42.7 Å². The van der Waals surface area contributed by atoms with E-state index >= 15 is 0 Å². The third kappa shape index (κ3) is 2.73. The van der Waals surface area contributed by atoms with Gasteiger partial charge in [0.15, 0.2) is 0 Å². The molecule has 0 aromatic carbocycles. The molecule has 0 radical (unpaired) electrons. The van der Waals surface area contributed by atoms with Crippen LogP contribution < -0.4 is 5.32 Å². The van der Waals surface area contributed by atoms with Gasteiger partial charge in [0.2, 0.25) is 0 Å². The molecular weight excluding hydrogens is 232 g/mol. The molecule has 1 atom stereocenters. The fraction of sp³-hybridized carbons (Fsp3) is 0.500. The first-order valence-corrected chi connectivity index (χ1v) is 6.87. The van der Waals surface area contributed by atoms with Crippen LogP contribution in [0.4, 0.5) is 0 Å². The molecule has 0 amide bonds. The van der Waals surface area contributed by atoms with Crippen molar-refractivity contribution in [2.75, 3.05) is 6.54 Å². The van der Waals surface area contributed by atoms with E-state index in [1.165, 1.54) is 4.88 Å². The Bertz CT molecular complexity index is 435. The van der Waals surface area contributed by atoms with Crippen molar-refractivity contribution in [2.24, 2.45) is 0 Å². The van der Waals surface area contributed by atoms with Gasteiger partial charge in [0.1, 0.15) is 11.9 Å². The molecular formula is C12H18N4S. The van der Waals surface area contributed by atoms with Crippen molar-refractivity contribution in [1.82, 2.24) is 19.9 Å². The Kier molecular flexibility index (Phi) is 4.28. The number of aryl methyl sites for hydroxylation is 1. The molecule has 17 heavy (non-hydrogen) atoms. The van der Waals surface area contributed by atoms with Crippen LogP contribution in [0.5, 0.6) is 0 Å². The monoisotopic (exact) mass is 250 g/mol. The minimum absolute atomic E-state index is 0.161. The van der Waals surface area contributed by atoms with Crippen LogP contribution in [0.25, 0.3) is 0 Å². The van der Waals surface area contributed by atoms with Gasteiger partial charge in [-0.1, -0.05) is 13.8 Å². The number of hydrogen-bond acceptors (Lipinski definition) is 4. The van der Waals surface area contributed by atoms with E-state index in [1.807, 2.05) is 24.1 Å². The second kappa shape index (κ2) is 5.93. The summed E-state index contributed by atoms with van der Waals surface area (Å²) in [7, 11) is 0. The average Bonchev–Trinajstić information content (AvgIpc) is 2.97. The zero-order chi connectivity index (χ0) is 12.1. The fourth-order valence-electron chi connectivity index (χ4n) is 1.90. The molecule has 2 aromatic heterocycles. The summed E-state index contributed by atoms with van der Waals surface area (Å²) in [6, 6.07) is 0.161. The highest BCUT2D eigenvalue weighted by Crippen LogP contribution is 2.23. The molecule has 1 unspecified atom stereocenters. The van der Waals surface area contributed by atoms with Crippen molar-refractivity contribution in [2.45, 2.75) is 32.9 Å². The van der Waals surface area contributed by atoms with Crippen molar-refractivity contribution < 1.29 is 0 Å². The van der Waals surface area contributed by atoms with E-state index in [9.17, 15) is 0 Å². The molecule has 0 spiro atoms. The Hall–Kier alpha value is -1.20. The maximum Gasteiger partial charge on any atom is 0.131 e. The van der Waals surface area contributed by atoms with Gasteiger partial charge in [-0.2, -0.15) is 0 Å². The summed E-state index contributed by atoms with van der Waals surface area (Å²) in [5.41, 5.74) is 1.87. The normalized spacial score (nSPS) is 12.8. The van der Waals surface area contributed by atoms with Gasteiger partial charge in [-0.3, -0.25) is 4.98 Å². The van der Waals surface area contributed by atoms with Crippen molar-refractivity contribution in [1.29, 1.82) is 0 Å². The minimum atomic E-state index is 0.161. The Balaban J connectivity index is 2.29. The maximum atomic E-state index is 4.49. The van der Waals surface area contributed by atoms with Crippen LogP contribution in [-0.2, 0) is 6.54 Å². The van der Waals surface area contributed by atoms with E-state index in [2.05, 4.69) is 33.7 Å². The average molecular weight is 250 g/mol. The smallest absolute Gasteiger partial charge is 0.131 e. The Labute approximate surface area is 106 Å². The molecule has 4 nitrogen and oxygen atoms in total. The van der Waals surface area contributed by atoms with Crippen molar-refractivity contribution in [3.05, 3.63) is 34.8 Å². The van der Waals surface area contributed by atoms with Gasteiger partial charge < -0.3 is 9.88 Å². The lowest BCUT2D eigenvalue weighted by Gasteiger charge is -2.17. The minimum Gasteiger partial charge on any atom is -0.333 e. The van der Waals surface area contributed by atoms with Gasteiger partial charge in [0, 0.05) is 30.0 Å². The molecule has 0 aliphatic heterocycles. The lowest BCUT2D eigenvalue weighted by atomic mass is 10.2. The molecule has 2 heterocycles. The lowest BCUT2D eigenvalue weighted by molar-refractivity contribution is 0.549. The first-order valence-electron chi connectivity index (χ1n) is 5.99. The first kappa shape index (κ1) is 12.3. The molecule has 1 N–H and O–H groups in total. The van der Waals surface area contributed by atoms with E-state index in [4.69, 9.17) is 0 Å². The number of rotatable bonds is 6. The van der Waals surface area contributed by atoms with Crippen LogP contribution in [0, 0.1) is 0 Å². The highest BCUT2D eigenvalue weighted by molar-refractivity contribution is 7.09. The van der Waals surface area contributed by atoms with E-state index in [1.54, 1.807) is 11.3 Å². The molecule has 2 aromatic rings. The van der Waals surface area contributed by atoms with Crippen LogP contribution in [0.3, 0.4) is 0 Å². The highest BCUT2D eigenvalue weighted by atomic mass is 32.1. The summed E-state index contributed by atoms with van der Waals surface area (Å²) in [6.45, 7) is 6.22. The number of hydrogen-bond donors (Lipinski definition) is 1. The third-order valence-electron chi connectivity index (χ3n) is 2.61. The number of imidazole rings is 1. The summed E-state index contributed by atoms with van der Waals surface area (Å²) in [6.07, 6.45) is 6.95. The Morgan fingerprint density at radius 1 is 1.47 bits per heavy atom. The molecule has 0 fully saturated rings. The van der Waals surface area contributed by atoms with Gasteiger partial charge in [-0.05, 0) is 13.0 Å². The second-order valence-corrected chi connectivity index (χ2v) is 4.79. The van der Waals surface area contributed by atoms with Gasteiger partial charge in [0.25, 0.3) is 0 Å². The molecule has 0 bridgehead atoms. The zero-order valence-corrected chi connectivity index (χ0v) is 11.1. The molecule has 5 heteroatoms. The number of aromatic nitrogens is 3. The molecule has 2 rings (SSSR count). The van der Waals surface area contributed by atoms with Crippen LogP contribution in [0.15, 0.2) is 24.1 Å². The molecule has 0 aliphatic carbocycles. The van der Waals surface area contributed by atoms with Crippen molar-refractivity contribution in [3.63, 3.8) is 0 Å². The highest BCUT2D eigenvalue weighted by Gasteiger charge is 2.19. The third-order valence-corrected chi connectivity index (χ3v) is 3.45. The van der Waals surface area contributed by atoms with E-state index < -0.39 is 0 Å². The zero-order valence-electron chi connectivity index (χ0n) is 10.3. The van der Waals surface area contributed by atoms with Crippen LogP contribution in [-0.4, -0.2) is 21.1 Å². The predicted octanol–water partition coefficient (Wildman–Crippen LogP) is 2.45. The number of nitrogens with one attached hydrogen (secondary N) is 1. The van der Waals surface area contributed by atoms with Crippen LogP contribution >= 0.6 is 11.3 Å². The van der Waals surface area contributed by atoms with Crippen LogP contribution in [0.1, 0.15) is 37.0 Å². The largest absolute Gasteiger partial charge is 0.333 e. The lowest BCUT2D eigenvalue weighted by Crippen LogP contribution is -2.24. The van der Waals surface area contributed by atoms with Gasteiger partial charge in [0.05, 0.1) is 5.51 Å². The molecule has 0 saturated heterocycles. The van der Waals surface area contributed by atoms with Gasteiger partial charge in [-0.15, -0.1) is 11.3 Å². The summed E-state index contributed by atoms with van der Waals surface area (Å²) in [5, 5.41) is 3.47. The summed E-state index contributed by atoms with van der Waals surface area (Å²) < 4.78 is 2.22.